The largest absolute Gasteiger partial charge is 0.372 e. The third-order valence-electron chi connectivity index (χ3n) is 5.29. The first-order chi connectivity index (χ1) is 13.2. The van der Waals surface area contributed by atoms with Gasteiger partial charge in [-0.15, -0.1) is 15.3 Å². The van der Waals surface area contributed by atoms with E-state index in [2.05, 4.69) is 25.2 Å². The summed E-state index contributed by atoms with van der Waals surface area (Å²) < 4.78 is 14.0. The topological polar surface area (TPSA) is 77.7 Å². The maximum Gasteiger partial charge on any atom is 0.177 e. The summed E-state index contributed by atoms with van der Waals surface area (Å²) >= 11 is 0. The van der Waals surface area contributed by atoms with E-state index in [1.54, 1.807) is 10.8 Å². The van der Waals surface area contributed by atoms with Crippen molar-refractivity contribution in [3.8, 4) is 0 Å². The predicted molar refractivity (Wildman–Crippen MR) is 98.5 cm³/mol. The summed E-state index contributed by atoms with van der Waals surface area (Å²) in [5.41, 5.74) is 2.62. The Morgan fingerprint density at radius 3 is 3.07 bits per heavy atom. The molecule has 5 rings (SSSR count). The molecule has 0 saturated carbocycles. The number of hydrogen-bond donors (Lipinski definition) is 0. The number of aromatic nitrogens is 5. The Bertz CT molecular complexity index is 952. The first kappa shape index (κ1) is 16.6. The highest BCUT2D eigenvalue weighted by Crippen LogP contribution is 2.37. The Balaban J connectivity index is 1.20. The van der Waals surface area contributed by atoms with E-state index in [1.165, 1.54) is 0 Å². The molecule has 140 valence electrons. The van der Waals surface area contributed by atoms with Gasteiger partial charge in [-0.1, -0.05) is 6.07 Å². The molecule has 2 fully saturated rings. The summed E-state index contributed by atoms with van der Waals surface area (Å²) in [6, 6.07) is 9.96. The predicted octanol–water partition coefficient (Wildman–Crippen LogP) is 1.78. The molecule has 2 aliphatic rings. The SMILES string of the molecule is Cc1cccc(COC2CCOC3(C2)CN(c2ccc4nncn4n2)C3)n1. The van der Waals surface area contributed by atoms with Crippen LogP contribution >= 0.6 is 0 Å². The summed E-state index contributed by atoms with van der Waals surface area (Å²) in [5.74, 6) is 0.920. The van der Waals surface area contributed by atoms with Gasteiger partial charge in [0, 0.05) is 18.7 Å². The summed E-state index contributed by atoms with van der Waals surface area (Å²) in [6.07, 6.45) is 3.66. The zero-order valence-electron chi connectivity index (χ0n) is 15.3. The summed E-state index contributed by atoms with van der Waals surface area (Å²) in [6.45, 7) is 4.95. The van der Waals surface area contributed by atoms with Gasteiger partial charge in [0.25, 0.3) is 0 Å². The number of nitrogens with zero attached hydrogens (tertiary/aromatic N) is 6. The van der Waals surface area contributed by atoms with Gasteiger partial charge in [0.05, 0.1) is 31.5 Å². The minimum absolute atomic E-state index is 0.132. The number of fused-ring (bicyclic) bond motifs is 1. The minimum Gasteiger partial charge on any atom is -0.372 e. The molecule has 8 nitrogen and oxygen atoms in total. The number of hydrogen-bond acceptors (Lipinski definition) is 7. The van der Waals surface area contributed by atoms with Gasteiger partial charge in [-0.3, -0.25) is 4.98 Å². The molecule has 3 aromatic heterocycles. The van der Waals surface area contributed by atoms with Crippen molar-refractivity contribution in [3.63, 3.8) is 0 Å². The second-order valence-corrected chi connectivity index (χ2v) is 7.41. The number of pyridine rings is 1. The lowest BCUT2D eigenvalue weighted by atomic mass is 9.84. The van der Waals surface area contributed by atoms with Crippen LogP contribution in [0.1, 0.15) is 24.2 Å². The molecule has 0 amide bonds. The molecule has 0 radical (unpaired) electrons. The van der Waals surface area contributed by atoms with Crippen LogP contribution in [0, 0.1) is 6.92 Å². The van der Waals surface area contributed by atoms with Gasteiger partial charge in [0.15, 0.2) is 5.65 Å². The van der Waals surface area contributed by atoms with E-state index in [9.17, 15) is 0 Å². The second-order valence-electron chi connectivity index (χ2n) is 7.41. The quantitative estimate of drug-likeness (QED) is 0.696. The van der Waals surface area contributed by atoms with Crippen molar-refractivity contribution in [2.24, 2.45) is 0 Å². The van der Waals surface area contributed by atoms with Crippen LogP contribution < -0.4 is 4.90 Å². The number of aryl methyl sites for hydroxylation is 1. The van der Waals surface area contributed by atoms with Gasteiger partial charge < -0.3 is 14.4 Å². The maximum atomic E-state index is 6.15. The van der Waals surface area contributed by atoms with Crippen molar-refractivity contribution >= 4 is 11.5 Å². The van der Waals surface area contributed by atoms with E-state index in [1.807, 2.05) is 37.3 Å². The highest BCUT2D eigenvalue weighted by molar-refractivity contribution is 5.48. The third kappa shape index (κ3) is 3.26. The standard InChI is InChI=1S/C19H22N6O2/c1-14-3-2-4-15(21-14)10-26-16-7-8-27-19(9-16)11-24(12-19)18-6-5-17-22-20-13-25(17)23-18/h2-6,13,16H,7-12H2,1H3. The molecule has 8 heteroatoms. The zero-order chi connectivity index (χ0) is 18.3. The molecule has 2 aliphatic heterocycles. The van der Waals surface area contributed by atoms with Crippen LogP contribution in [0.5, 0.6) is 0 Å². The molecular formula is C19H22N6O2. The first-order valence-corrected chi connectivity index (χ1v) is 9.29. The summed E-state index contributed by atoms with van der Waals surface area (Å²) in [7, 11) is 0. The first-order valence-electron chi connectivity index (χ1n) is 9.29. The fraction of sp³-hybridized carbons (Fsp3) is 0.474. The van der Waals surface area contributed by atoms with Gasteiger partial charge >= 0.3 is 0 Å². The van der Waals surface area contributed by atoms with Crippen LogP contribution in [0.2, 0.25) is 0 Å². The molecule has 27 heavy (non-hydrogen) atoms. The van der Waals surface area contributed by atoms with Crippen molar-refractivity contribution < 1.29 is 9.47 Å². The monoisotopic (exact) mass is 366 g/mol. The van der Waals surface area contributed by atoms with Crippen LogP contribution in [0.15, 0.2) is 36.7 Å². The summed E-state index contributed by atoms with van der Waals surface area (Å²) in [4.78, 5) is 6.74. The number of rotatable bonds is 4. The van der Waals surface area contributed by atoms with E-state index in [0.29, 0.717) is 6.61 Å². The smallest absolute Gasteiger partial charge is 0.177 e. The molecule has 5 heterocycles. The molecule has 0 N–H and O–H groups in total. The Labute approximate surface area is 157 Å². The second kappa shape index (κ2) is 6.54. The minimum atomic E-state index is -0.132. The van der Waals surface area contributed by atoms with Gasteiger partial charge in [0.2, 0.25) is 0 Å². The summed E-state index contributed by atoms with van der Waals surface area (Å²) in [5, 5.41) is 12.4. The van der Waals surface area contributed by atoms with E-state index >= 15 is 0 Å². The normalized spacial score (nSPS) is 21.5. The molecule has 1 spiro atoms. The van der Waals surface area contributed by atoms with E-state index in [-0.39, 0.29) is 11.7 Å². The van der Waals surface area contributed by atoms with Crippen molar-refractivity contribution in [2.45, 2.75) is 38.1 Å². The van der Waals surface area contributed by atoms with Crippen molar-refractivity contribution in [2.75, 3.05) is 24.6 Å². The van der Waals surface area contributed by atoms with E-state index in [4.69, 9.17) is 9.47 Å². The lowest BCUT2D eigenvalue weighted by molar-refractivity contribution is -0.148. The van der Waals surface area contributed by atoms with Crippen molar-refractivity contribution in [1.29, 1.82) is 0 Å². The molecular weight excluding hydrogens is 344 g/mol. The zero-order valence-corrected chi connectivity index (χ0v) is 15.3. The Kier molecular flexibility index (Phi) is 4.02. The van der Waals surface area contributed by atoms with Crippen LogP contribution in [-0.2, 0) is 16.1 Å². The fourth-order valence-corrected chi connectivity index (χ4v) is 3.93. The average Bonchev–Trinajstić information content (AvgIpc) is 3.12. The molecule has 2 saturated heterocycles. The van der Waals surface area contributed by atoms with Crippen molar-refractivity contribution in [1.82, 2.24) is 24.8 Å². The van der Waals surface area contributed by atoms with Crippen LogP contribution in [-0.4, -0.2) is 56.2 Å². The average molecular weight is 366 g/mol. The molecule has 0 bridgehead atoms. The molecule has 3 aromatic rings. The number of ether oxygens (including phenoxy) is 2. The third-order valence-corrected chi connectivity index (χ3v) is 5.29. The van der Waals surface area contributed by atoms with Crippen molar-refractivity contribution in [3.05, 3.63) is 48.0 Å². The molecule has 0 aromatic carbocycles. The van der Waals surface area contributed by atoms with Crippen LogP contribution in [0.25, 0.3) is 5.65 Å². The molecule has 1 unspecified atom stereocenters. The van der Waals surface area contributed by atoms with E-state index < -0.39 is 0 Å². The Morgan fingerprint density at radius 1 is 1.26 bits per heavy atom. The van der Waals surface area contributed by atoms with Gasteiger partial charge in [-0.2, -0.15) is 4.52 Å². The van der Waals surface area contributed by atoms with Crippen LogP contribution in [0.4, 0.5) is 5.82 Å². The van der Waals surface area contributed by atoms with Gasteiger partial charge in [-0.05, 0) is 37.6 Å². The highest BCUT2D eigenvalue weighted by atomic mass is 16.5. The molecule has 1 atom stereocenters. The van der Waals surface area contributed by atoms with Crippen LogP contribution in [0.3, 0.4) is 0 Å². The van der Waals surface area contributed by atoms with Gasteiger partial charge in [-0.25, -0.2) is 0 Å². The number of anilines is 1. The van der Waals surface area contributed by atoms with E-state index in [0.717, 1.165) is 55.4 Å². The molecule has 0 aliphatic carbocycles. The van der Waals surface area contributed by atoms with Gasteiger partial charge in [0.1, 0.15) is 17.7 Å². The lowest BCUT2D eigenvalue weighted by Gasteiger charge is -2.53. The Hall–Kier alpha value is -2.58. The lowest BCUT2D eigenvalue weighted by Crippen LogP contribution is -2.66. The maximum absolute atomic E-state index is 6.15. The fourth-order valence-electron chi connectivity index (χ4n) is 3.93. The highest BCUT2D eigenvalue weighted by Gasteiger charge is 2.48. The Morgan fingerprint density at radius 2 is 2.19 bits per heavy atom.